The van der Waals surface area contributed by atoms with Crippen LogP contribution in [0.5, 0.6) is 0 Å². The zero-order valence-electron chi connectivity index (χ0n) is 17.6. The van der Waals surface area contributed by atoms with Crippen LogP contribution in [0.2, 0.25) is 0 Å². The van der Waals surface area contributed by atoms with E-state index in [1.54, 1.807) is 6.20 Å². The average Bonchev–Trinajstić information content (AvgIpc) is 2.84. The quantitative estimate of drug-likeness (QED) is 0.769. The van der Waals surface area contributed by atoms with E-state index in [0.717, 1.165) is 37.3 Å². The van der Waals surface area contributed by atoms with Crippen molar-refractivity contribution < 1.29 is 14.3 Å². The Balaban J connectivity index is 1.25. The Bertz CT molecular complexity index is 878. The van der Waals surface area contributed by atoms with E-state index in [4.69, 9.17) is 4.74 Å². The number of anilines is 1. The van der Waals surface area contributed by atoms with Crippen LogP contribution < -0.4 is 15.5 Å². The molecule has 2 saturated heterocycles. The topological polar surface area (TPSA) is 86.8 Å². The van der Waals surface area contributed by atoms with E-state index in [0.29, 0.717) is 38.4 Å². The molecule has 0 atom stereocenters. The van der Waals surface area contributed by atoms with Crippen LogP contribution in [0.1, 0.15) is 28.8 Å². The van der Waals surface area contributed by atoms with Crippen molar-refractivity contribution in [1.82, 2.24) is 20.5 Å². The minimum atomic E-state index is -0.0791. The number of morpholine rings is 1. The molecule has 0 bridgehead atoms. The number of carbonyl (C=O) groups excluding carboxylic acids is 2. The molecule has 31 heavy (non-hydrogen) atoms. The highest BCUT2D eigenvalue weighted by molar-refractivity contribution is 5.94. The summed E-state index contributed by atoms with van der Waals surface area (Å²) >= 11 is 0. The summed E-state index contributed by atoms with van der Waals surface area (Å²) < 4.78 is 5.42. The monoisotopic (exact) mass is 423 g/mol. The smallest absolute Gasteiger partial charge is 0.317 e. The molecule has 2 aromatic rings. The summed E-state index contributed by atoms with van der Waals surface area (Å²) in [4.78, 5) is 33.5. The van der Waals surface area contributed by atoms with Crippen molar-refractivity contribution in [3.63, 3.8) is 0 Å². The second-order valence-electron chi connectivity index (χ2n) is 7.85. The summed E-state index contributed by atoms with van der Waals surface area (Å²) in [7, 11) is 0. The Labute approximate surface area is 182 Å². The first-order valence-electron chi connectivity index (χ1n) is 10.9. The van der Waals surface area contributed by atoms with Gasteiger partial charge < -0.3 is 25.2 Å². The first-order chi connectivity index (χ1) is 15.2. The van der Waals surface area contributed by atoms with Crippen molar-refractivity contribution in [2.45, 2.75) is 25.4 Å². The van der Waals surface area contributed by atoms with Crippen LogP contribution in [0.15, 0.2) is 48.7 Å². The molecule has 2 aliphatic heterocycles. The first kappa shape index (κ1) is 21.1. The second kappa shape index (κ2) is 10.3. The number of benzene rings is 1. The molecule has 0 spiro atoms. The number of amides is 3. The number of urea groups is 1. The summed E-state index contributed by atoms with van der Waals surface area (Å²) in [6.45, 7) is 4.67. The third-order valence-corrected chi connectivity index (χ3v) is 5.76. The number of carbonyl (C=O) groups is 2. The molecule has 164 valence electrons. The molecule has 0 aliphatic carbocycles. The minimum absolute atomic E-state index is 0.0595. The van der Waals surface area contributed by atoms with Gasteiger partial charge in [0.25, 0.3) is 5.91 Å². The van der Waals surface area contributed by atoms with Gasteiger partial charge in [-0.15, -0.1) is 0 Å². The highest BCUT2D eigenvalue weighted by Crippen LogP contribution is 2.19. The number of aromatic nitrogens is 1. The van der Waals surface area contributed by atoms with Crippen molar-refractivity contribution in [1.29, 1.82) is 0 Å². The van der Waals surface area contributed by atoms with Gasteiger partial charge in [-0.2, -0.15) is 0 Å². The molecular weight excluding hydrogens is 394 g/mol. The van der Waals surface area contributed by atoms with E-state index in [9.17, 15) is 9.59 Å². The molecule has 0 radical (unpaired) electrons. The molecule has 1 aromatic heterocycles. The molecular formula is C23H29N5O3. The minimum Gasteiger partial charge on any atom is -0.378 e. The van der Waals surface area contributed by atoms with Crippen molar-refractivity contribution in [2.75, 3.05) is 44.3 Å². The van der Waals surface area contributed by atoms with E-state index in [1.807, 2.05) is 47.4 Å². The molecule has 4 rings (SSSR count). The van der Waals surface area contributed by atoms with Crippen molar-refractivity contribution in [3.8, 4) is 0 Å². The normalized spacial score (nSPS) is 17.3. The Kier molecular flexibility index (Phi) is 6.99. The predicted octanol–water partition coefficient (Wildman–Crippen LogP) is 2.02. The van der Waals surface area contributed by atoms with Gasteiger partial charge in [0.2, 0.25) is 0 Å². The van der Waals surface area contributed by atoms with Gasteiger partial charge in [-0.25, -0.2) is 9.78 Å². The lowest BCUT2D eigenvalue weighted by molar-refractivity contribution is 0.0918. The summed E-state index contributed by atoms with van der Waals surface area (Å²) in [5.41, 5.74) is 1.66. The van der Waals surface area contributed by atoms with Gasteiger partial charge in [-0.3, -0.25) is 4.79 Å². The largest absolute Gasteiger partial charge is 0.378 e. The molecule has 2 N–H and O–H groups in total. The van der Waals surface area contributed by atoms with Crippen molar-refractivity contribution in [2.24, 2.45) is 0 Å². The number of rotatable bonds is 5. The molecule has 0 saturated carbocycles. The Hall–Kier alpha value is -3.13. The van der Waals surface area contributed by atoms with Crippen LogP contribution in [0.4, 0.5) is 10.6 Å². The molecule has 0 unspecified atom stereocenters. The number of pyridine rings is 1. The summed E-state index contributed by atoms with van der Waals surface area (Å²) in [6.07, 6.45) is 3.28. The number of nitrogens with zero attached hydrogens (tertiary/aromatic N) is 3. The van der Waals surface area contributed by atoms with Crippen LogP contribution in [0.3, 0.4) is 0 Å². The van der Waals surface area contributed by atoms with Gasteiger partial charge in [0.05, 0.1) is 13.2 Å². The van der Waals surface area contributed by atoms with E-state index < -0.39 is 0 Å². The van der Waals surface area contributed by atoms with Crippen LogP contribution in [-0.2, 0) is 11.3 Å². The average molecular weight is 424 g/mol. The van der Waals surface area contributed by atoms with E-state index in [1.165, 1.54) is 0 Å². The Morgan fingerprint density at radius 1 is 1.00 bits per heavy atom. The summed E-state index contributed by atoms with van der Waals surface area (Å²) in [5.74, 6) is 0.851. The van der Waals surface area contributed by atoms with E-state index in [-0.39, 0.29) is 18.0 Å². The van der Waals surface area contributed by atoms with Gasteiger partial charge in [0.1, 0.15) is 5.82 Å². The van der Waals surface area contributed by atoms with Crippen LogP contribution in [0, 0.1) is 0 Å². The fourth-order valence-electron chi connectivity index (χ4n) is 4.00. The van der Waals surface area contributed by atoms with E-state index >= 15 is 0 Å². The zero-order valence-corrected chi connectivity index (χ0v) is 17.6. The van der Waals surface area contributed by atoms with Gasteiger partial charge in [0.15, 0.2) is 0 Å². The predicted molar refractivity (Wildman–Crippen MR) is 118 cm³/mol. The SMILES string of the molecule is O=C(NC1CCN(C(=O)NCc2cccnc2N2CCOCC2)CC1)c1ccccc1. The molecule has 2 fully saturated rings. The highest BCUT2D eigenvalue weighted by atomic mass is 16.5. The molecule has 3 amide bonds. The van der Waals surface area contributed by atoms with Gasteiger partial charge in [-0.1, -0.05) is 24.3 Å². The van der Waals surface area contributed by atoms with Gasteiger partial charge in [-0.05, 0) is 31.0 Å². The van der Waals surface area contributed by atoms with Gasteiger partial charge >= 0.3 is 6.03 Å². The summed E-state index contributed by atoms with van der Waals surface area (Å²) in [6, 6.07) is 13.1. The molecule has 8 nitrogen and oxygen atoms in total. The lowest BCUT2D eigenvalue weighted by atomic mass is 10.0. The van der Waals surface area contributed by atoms with Crippen LogP contribution in [0.25, 0.3) is 0 Å². The highest BCUT2D eigenvalue weighted by Gasteiger charge is 2.24. The van der Waals surface area contributed by atoms with Crippen molar-refractivity contribution in [3.05, 3.63) is 59.8 Å². The molecule has 3 heterocycles. The number of hydrogen-bond donors (Lipinski definition) is 2. The van der Waals surface area contributed by atoms with Crippen LogP contribution in [-0.4, -0.2) is 67.3 Å². The third-order valence-electron chi connectivity index (χ3n) is 5.76. The third kappa shape index (κ3) is 5.52. The molecule has 1 aromatic carbocycles. The Morgan fingerprint density at radius 2 is 1.74 bits per heavy atom. The lowest BCUT2D eigenvalue weighted by Crippen LogP contribution is -2.49. The standard InChI is InChI=1S/C23H29N5O3/c29-22(18-5-2-1-3-6-18)26-20-8-11-28(12-9-20)23(30)25-17-19-7-4-10-24-21(19)27-13-15-31-16-14-27/h1-7,10,20H,8-9,11-17H2,(H,25,30)(H,26,29). The second-order valence-corrected chi connectivity index (χ2v) is 7.85. The lowest BCUT2D eigenvalue weighted by Gasteiger charge is -2.33. The molecule has 2 aliphatic rings. The number of hydrogen-bond acceptors (Lipinski definition) is 5. The fourth-order valence-corrected chi connectivity index (χ4v) is 4.00. The summed E-state index contributed by atoms with van der Waals surface area (Å²) in [5, 5.41) is 6.11. The molecule has 8 heteroatoms. The number of piperidine rings is 1. The van der Waals surface area contributed by atoms with Crippen LogP contribution >= 0.6 is 0 Å². The maximum Gasteiger partial charge on any atom is 0.317 e. The first-order valence-corrected chi connectivity index (χ1v) is 10.9. The van der Waals surface area contributed by atoms with E-state index in [2.05, 4.69) is 20.5 Å². The Morgan fingerprint density at radius 3 is 2.48 bits per heavy atom. The maximum atomic E-state index is 12.7. The number of ether oxygens (including phenoxy) is 1. The maximum absolute atomic E-state index is 12.7. The van der Waals surface area contributed by atoms with Gasteiger partial charge in [0, 0.05) is 56.1 Å². The number of likely N-dealkylation sites (tertiary alicyclic amines) is 1. The van der Waals surface area contributed by atoms with Crippen molar-refractivity contribution >= 4 is 17.8 Å². The number of nitrogens with one attached hydrogen (secondary N) is 2. The fraction of sp³-hybridized carbons (Fsp3) is 0.435. The zero-order chi connectivity index (χ0) is 21.5.